The highest BCUT2D eigenvalue weighted by Crippen LogP contribution is 2.36. The van der Waals surface area contributed by atoms with E-state index in [1.807, 2.05) is 45.0 Å². The number of hydrogen-bond donors (Lipinski definition) is 2. The van der Waals surface area contributed by atoms with Gasteiger partial charge in [0.2, 0.25) is 11.8 Å². The average Bonchev–Trinajstić information content (AvgIpc) is 3.64. The van der Waals surface area contributed by atoms with E-state index in [0.29, 0.717) is 6.42 Å². The molecule has 1 aromatic rings. The molecule has 4 atom stereocenters. The van der Waals surface area contributed by atoms with E-state index < -0.39 is 23.8 Å². The summed E-state index contributed by atoms with van der Waals surface area (Å²) in [4.78, 5) is 42.3. The van der Waals surface area contributed by atoms with E-state index in [2.05, 4.69) is 24.5 Å². The Kier molecular flexibility index (Phi) is 10.8. The molecule has 7 nitrogen and oxygen atoms in total. The van der Waals surface area contributed by atoms with Crippen molar-refractivity contribution in [2.45, 2.75) is 124 Å². The zero-order valence-corrected chi connectivity index (χ0v) is 23.5. The van der Waals surface area contributed by atoms with E-state index in [1.165, 1.54) is 5.56 Å². The first-order valence-electron chi connectivity index (χ1n) is 13.6. The number of nitrogens with one attached hydrogen (secondary N) is 2. The van der Waals surface area contributed by atoms with Gasteiger partial charge in [-0.2, -0.15) is 0 Å². The van der Waals surface area contributed by atoms with Crippen LogP contribution in [0.2, 0.25) is 0 Å². The van der Waals surface area contributed by atoms with Crippen LogP contribution >= 0.6 is 0 Å². The molecule has 0 spiro atoms. The number of hydrogen-bond acceptors (Lipinski definition) is 4. The van der Waals surface area contributed by atoms with Gasteiger partial charge in [0.15, 0.2) is 0 Å². The zero-order chi connectivity index (χ0) is 27.0. The number of ether oxygens (including phenoxy) is 1. The van der Waals surface area contributed by atoms with Gasteiger partial charge >= 0.3 is 6.09 Å². The second kappa shape index (κ2) is 13.1. The first-order valence-corrected chi connectivity index (χ1v) is 13.6. The predicted octanol–water partition coefficient (Wildman–Crippen LogP) is 5.53. The summed E-state index contributed by atoms with van der Waals surface area (Å²) in [6, 6.07) is 6.36. The van der Waals surface area contributed by atoms with Crippen LogP contribution in [-0.2, 0) is 20.7 Å². The maximum atomic E-state index is 14.2. The minimum absolute atomic E-state index is 0.00122. The highest BCUT2D eigenvalue weighted by molar-refractivity contribution is 5.92. The topological polar surface area (TPSA) is 87.7 Å². The number of rotatable bonds is 12. The lowest BCUT2D eigenvalue weighted by Gasteiger charge is -2.36. The molecule has 0 aromatic heterocycles. The summed E-state index contributed by atoms with van der Waals surface area (Å²) in [6.07, 6.45) is 4.46. The van der Waals surface area contributed by atoms with Crippen molar-refractivity contribution in [3.8, 4) is 0 Å². The van der Waals surface area contributed by atoms with E-state index in [9.17, 15) is 14.4 Å². The van der Waals surface area contributed by atoms with Gasteiger partial charge < -0.3 is 20.3 Å². The second-order valence-corrected chi connectivity index (χ2v) is 11.2. The van der Waals surface area contributed by atoms with Crippen LogP contribution in [0.1, 0.15) is 105 Å². The van der Waals surface area contributed by atoms with E-state index in [-0.39, 0.29) is 29.8 Å². The Morgan fingerprint density at radius 2 is 1.64 bits per heavy atom. The van der Waals surface area contributed by atoms with Gasteiger partial charge in [-0.05, 0) is 70.4 Å². The van der Waals surface area contributed by atoms with Crippen LogP contribution in [0.25, 0.3) is 0 Å². The molecule has 1 aromatic carbocycles. The molecule has 0 radical (unpaired) electrons. The van der Waals surface area contributed by atoms with Crippen LogP contribution in [0.3, 0.4) is 0 Å². The average molecular weight is 502 g/mol. The molecule has 4 unspecified atom stereocenters. The van der Waals surface area contributed by atoms with Crippen molar-refractivity contribution in [3.63, 3.8) is 0 Å². The number of aryl methyl sites for hydroxylation is 1. The Bertz CT molecular complexity index is 874. The molecule has 7 heteroatoms. The Morgan fingerprint density at radius 3 is 2.11 bits per heavy atom. The molecule has 0 heterocycles. The predicted molar refractivity (Wildman–Crippen MR) is 144 cm³/mol. The van der Waals surface area contributed by atoms with Crippen LogP contribution in [0, 0.1) is 5.92 Å². The molecule has 36 heavy (non-hydrogen) atoms. The van der Waals surface area contributed by atoms with Crippen molar-refractivity contribution in [1.29, 1.82) is 0 Å². The van der Waals surface area contributed by atoms with Gasteiger partial charge in [0, 0.05) is 12.1 Å². The lowest BCUT2D eigenvalue weighted by Crippen LogP contribution is -2.56. The van der Waals surface area contributed by atoms with E-state index in [1.54, 1.807) is 25.7 Å². The fourth-order valence-electron chi connectivity index (χ4n) is 4.35. The summed E-state index contributed by atoms with van der Waals surface area (Å²) < 4.78 is 5.47. The first-order chi connectivity index (χ1) is 16.9. The third-order valence-corrected chi connectivity index (χ3v) is 6.69. The number of amides is 3. The van der Waals surface area contributed by atoms with Crippen LogP contribution in [0.5, 0.6) is 0 Å². The second-order valence-electron chi connectivity index (χ2n) is 11.2. The molecule has 0 bridgehead atoms. The summed E-state index contributed by atoms with van der Waals surface area (Å²) in [5.41, 5.74) is 1.28. The van der Waals surface area contributed by atoms with Crippen LogP contribution in [0.4, 0.5) is 4.79 Å². The quantitative estimate of drug-likeness (QED) is 0.394. The molecule has 202 valence electrons. The van der Waals surface area contributed by atoms with Crippen LogP contribution in [0.15, 0.2) is 24.3 Å². The summed E-state index contributed by atoms with van der Waals surface area (Å²) in [6.45, 7) is 15.5. The Balaban J connectivity index is 2.46. The number of carbonyl (C=O) groups is 3. The van der Waals surface area contributed by atoms with Gasteiger partial charge in [-0.1, -0.05) is 64.8 Å². The molecule has 1 saturated carbocycles. The third kappa shape index (κ3) is 8.52. The smallest absolute Gasteiger partial charge is 0.408 e. The lowest BCUT2D eigenvalue weighted by molar-refractivity contribution is -0.144. The summed E-state index contributed by atoms with van der Waals surface area (Å²) in [5, 5.41) is 5.96. The van der Waals surface area contributed by atoms with Crippen molar-refractivity contribution >= 4 is 17.9 Å². The lowest BCUT2D eigenvalue weighted by atomic mass is 9.95. The molecular weight excluding hydrogens is 454 g/mol. The van der Waals surface area contributed by atoms with E-state index in [0.717, 1.165) is 37.7 Å². The van der Waals surface area contributed by atoms with Gasteiger partial charge in [0.05, 0.1) is 0 Å². The normalized spacial score (nSPS) is 16.9. The van der Waals surface area contributed by atoms with Gasteiger partial charge in [0.25, 0.3) is 0 Å². The summed E-state index contributed by atoms with van der Waals surface area (Å²) in [7, 11) is 0. The molecule has 2 N–H and O–H groups in total. The van der Waals surface area contributed by atoms with Crippen LogP contribution in [-0.4, -0.2) is 46.5 Å². The van der Waals surface area contributed by atoms with Gasteiger partial charge in [-0.15, -0.1) is 0 Å². The molecule has 3 amide bonds. The molecule has 1 aliphatic rings. The Labute approximate surface area is 217 Å². The molecule has 1 fully saturated rings. The summed E-state index contributed by atoms with van der Waals surface area (Å²) in [5.74, 6) is -0.544. The first kappa shape index (κ1) is 29.7. The Hall–Kier alpha value is -2.57. The van der Waals surface area contributed by atoms with Crippen molar-refractivity contribution in [2.24, 2.45) is 5.92 Å². The molecule has 0 saturated heterocycles. The number of alkyl carbamates (subject to hydrolysis) is 1. The largest absolute Gasteiger partial charge is 0.444 e. The van der Waals surface area contributed by atoms with Crippen molar-refractivity contribution in [1.82, 2.24) is 15.5 Å². The van der Waals surface area contributed by atoms with Crippen molar-refractivity contribution < 1.29 is 19.1 Å². The van der Waals surface area contributed by atoms with Crippen molar-refractivity contribution in [3.05, 3.63) is 35.4 Å². The van der Waals surface area contributed by atoms with Crippen molar-refractivity contribution in [2.75, 3.05) is 0 Å². The monoisotopic (exact) mass is 501 g/mol. The number of benzene rings is 1. The maximum absolute atomic E-state index is 14.2. The van der Waals surface area contributed by atoms with E-state index >= 15 is 0 Å². The van der Waals surface area contributed by atoms with Gasteiger partial charge in [-0.3, -0.25) is 9.59 Å². The highest BCUT2D eigenvalue weighted by atomic mass is 16.6. The third-order valence-electron chi connectivity index (χ3n) is 6.69. The number of carbonyl (C=O) groups excluding carboxylic acids is 3. The zero-order valence-electron chi connectivity index (χ0n) is 23.5. The minimum Gasteiger partial charge on any atom is -0.444 e. The fraction of sp³-hybridized carbons (Fsp3) is 0.690. The Morgan fingerprint density at radius 1 is 1.03 bits per heavy atom. The summed E-state index contributed by atoms with van der Waals surface area (Å²) >= 11 is 0. The maximum Gasteiger partial charge on any atom is 0.408 e. The SMILES string of the molecule is CCCC(C)NC(=O)C(c1ccc(CC)cc1)N(C(=O)C(NC(=O)OC(C)(C)C)C(C)CC)C1CC1. The minimum atomic E-state index is -0.788. The fourth-order valence-corrected chi connectivity index (χ4v) is 4.35. The standard InChI is InChI=1S/C29H47N3O4/c1-9-12-20(5)30-26(33)25(22-15-13-21(11-3)14-16-22)32(23-17-18-23)27(34)24(19(4)10-2)31-28(35)36-29(6,7)8/h13-16,19-20,23-25H,9-12,17-18H2,1-8H3,(H,30,33)(H,31,35). The molecule has 2 rings (SSSR count). The molecular formula is C29H47N3O4. The number of nitrogens with zero attached hydrogens (tertiary/aromatic N) is 1. The van der Waals surface area contributed by atoms with E-state index in [4.69, 9.17) is 4.74 Å². The van der Waals surface area contributed by atoms with Crippen LogP contribution < -0.4 is 10.6 Å². The molecule has 0 aliphatic heterocycles. The highest BCUT2D eigenvalue weighted by Gasteiger charge is 2.45. The van der Waals surface area contributed by atoms with Gasteiger partial charge in [-0.25, -0.2) is 4.79 Å². The molecule has 1 aliphatic carbocycles. The van der Waals surface area contributed by atoms with Gasteiger partial charge in [0.1, 0.15) is 17.7 Å².